The van der Waals surface area contributed by atoms with Crippen LogP contribution in [0.15, 0.2) is 41.4 Å². The van der Waals surface area contributed by atoms with Gasteiger partial charge in [-0.1, -0.05) is 23.7 Å². The Bertz CT molecular complexity index is 786. The van der Waals surface area contributed by atoms with Crippen LogP contribution in [0.25, 0.3) is 0 Å². The SMILES string of the molecule is Cn1cc(S(=O)(=O)Nc2ccccc2Cl)cc1C(=O)NN. The monoisotopic (exact) mass is 328 g/mol. The van der Waals surface area contributed by atoms with Gasteiger partial charge < -0.3 is 4.57 Å². The Kier molecular flexibility index (Phi) is 4.21. The van der Waals surface area contributed by atoms with Crippen LogP contribution in [0.5, 0.6) is 0 Å². The number of amides is 1. The number of sulfonamides is 1. The van der Waals surface area contributed by atoms with Crippen LogP contribution in [0, 0.1) is 0 Å². The molecule has 4 N–H and O–H groups in total. The number of nitrogens with one attached hydrogen (secondary N) is 2. The summed E-state index contributed by atoms with van der Waals surface area (Å²) in [5.41, 5.74) is 2.33. The number of carbonyl (C=O) groups is 1. The van der Waals surface area contributed by atoms with Crippen molar-refractivity contribution in [1.82, 2.24) is 9.99 Å². The maximum absolute atomic E-state index is 12.3. The normalized spacial score (nSPS) is 11.2. The first-order chi connectivity index (χ1) is 9.85. The predicted molar refractivity (Wildman–Crippen MR) is 79.3 cm³/mol. The standard InChI is InChI=1S/C12H13ClN4O3S/c1-17-7-8(6-11(17)12(18)15-14)21(19,20)16-10-5-3-2-4-9(10)13/h2-7,16H,14H2,1H3,(H,15,18). The zero-order chi connectivity index (χ0) is 15.6. The second-order valence-electron chi connectivity index (χ2n) is 4.23. The number of halogens is 1. The summed E-state index contributed by atoms with van der Waals surface area (Å²) in [6, 6.07) is 7.67. The molecule has 21 heavy (non-hydrogen) atoms. The lowest BCUT2D eigenvalue weighted by atomic mass is 10.3. The van der Waals surface area contributed by atoms with E-state index in [-0.39, 0.29) is 21.3 Å². The van der Waals surface area contributed by atoms with Gasteiger partial charge in [-0.05, 0) is 18.2 Å². The third-order valence-corrected chi connectivity index (χ3v) is 4.43. The lowest BCUT2D eigenvalue weighted by molar-refractivity contribution is 0.0945. The number of hydrogen-bond acceptors (Lipinski definition) is 4. The molecule has 2 rings (SSSR count). The molecule has 7 nitrogen and oxygen atoms in total. The fourth-order valence-electron chi connectivity index (χ4n) is 1.73. The molecular formula is C12H13ClN4O3S. The first-order valence-electron chi connectivity index (χ1n) is 5.80. The van der Waals surface area contributed by atoms with Crippen molar-refractivity contribution in [2.75, 3.05) is 4.72 Å². The van der Waals surface area contributed by atoms with E-state index in [2.05, 4.69) is 4.72 Å². The number of carbonyl (C=O) groups excluding carboxylic acids is 1. The lowest BCUT2D eigenvalue weighted by Crippen LogP contribution is -2.31. The molecule has 1 heterocycles. The lowest BCUT2D eigenvalue weighted by Gasteiger charge is -2.07. The van der Waals surface area contributed by atoms with Crippen LogP contribution >= 0.6 is 11.6 Å². The molecule has 112 valence electrons. The topological polar surface area (TPSA) is 106 Å². The molecule has 2 aromatic rings. The van der Waals surface area contributed by atoms with Gasteiger partial charge in [0.05, 0.1) is 10.7 Å². The molecule has 0 fully saturated rings. The van der Waals surface area contributed by atoms with Crippen molar-refractivity contribution in [3.63, 3.8) is 0 Å². The van der Waals surface area contributed by atoms with Crippen LogP contribution in [0.1, 0.15) is 10.5 Å². The van der Waals surface area contributed by atoms with Gasteiger partial charge in [0.15, 0.2) is 0 Å². The van der Waals surface area contributed by atoms with Gasteiger partial charge in [-0.3, -0.25) is 14.9 Å². The third kappa shape index (κ3) is 3.18. The van der Waals surface area contributed by atoms with Crippen molar-refractivity contribution >= 4 is 33.2 Å². The second-order valence-corrected chi connectivity index (χ2v) is 6.32. The number of para-hydroxylation sites is 1. The minimum atomic E-state index is -3.86. The van der Waals surface area contributed by atoms with E-state index in [1.54, 1.807) is 25.2 Å². The fraction of sp³-hybridized carbons (Fsp3) is 0.0833. The first-order valence-corrected chi connectivity index (χ1v) is 7.66. The summed E-state index contributed by atoms with van der Waals surface area (Å²) >= 11 is 5.91. The van der Waals surface area contributed by atoms with Crippen molar-refractivity contribution < 1.29 is 13.2 Å². The van der Waals surface area contributed by atoms with Crippen LogP contribution in [0.2, 0.25) is 5.02 Å². The summed E-state index contributed by atoms with van der Waals surface area (Å²) in [5, 5.41) is 0.275. The molecule has 0 aliphatic rings. The highest BCUT2D eigenvalue weighted by molar-refractivity contribution is 7.92. The molecule has 0 saturated carbocycles. The first kappa shape index (κ1) is 15.4. The predicted octanol–water partition coefficient (Wildman–Crippen LogP) is 1.08. The maximum Gasteiger partial charge on any atom is 0.281 e. The second kappa shape index (κ2) is 5.76. The average Bonchev–Trinajstić information content (AvgIpc) is 2.83. The molecule has 0 saturated heterocycles. The van der Waals surface area contributed by atoms with Gasteiger partial charge in [0.2, 0.25) is 0 Å². The molecule has 1 amide bonds. The minimum absolute atomic E-state index is 0.0662. The Morgan fingerprint density at radius 2 is 2.00 bits per heavy atom. The van der Waals surface area contributed by atoms with Crippen molar-refractivity contribution in [2.24, 2.45) is 12.9 Å². The van der Waals surface area contributed by atoms with Crippen molar-refractivity contribution in [3.05, 3.63) is 47.2 Å². The molecular weight excluding hydrogens is 316 g/mol. The number of benzene rings is 1. The Labute approximate surface area is 126 Å². The smallest absolute Gasteiger partial charge is 0.281 e. The van der Waals surface area contributed by atoms with Gasteiger partial charge in [0, 0.05) is 13.2 Å². The summed E-state index contributed by atoms with van der Waals surface area (Å²) in [7, 11) is -2.31. The largest absolute Gasteiger partial charge is 0.345 e. The number of anilines is 1. The van der Waals surface area contributed by atoms with E-state index >= 15 is 0 Å². The van der Waals surface area contributed by atoms with E-state index in [0.717, 1.165) is 0 Å². The highest BCUT2D eigenvalue weighted by Gasteiger charge is 2.21. The fourth-order valence-corrected chi connectivity index (χ4v) is 3.12. The number of nitrogens with zero attached hydrogens (tertiary/aromatic N) is 1. The molecule has 1 aromatic carbocycles. The highest BCUT2D eigenvalue weighted by atomic mass is 35.5. The number of aromatic nitrogens is 1. The van der Waals surface area contributed by atoms with E-state index in [0.29, 0.717) is 0 Å². The summed E-state index contributed by atoms with van der Waals surface area (Å²) in [6.07, 6.45) is 1.31. The Balaban J connectivity index is 2.37. The van der Waals surface area contributed by atoms with Gasteiger partial charge in [-0.15, -0.1) is 0 Å². The van der Waals surface area contributed by atoms with Crippen molar-refractivity contribution in [2.45, 2.75) is 4.90 Å². The molecule has 0 aliphatic heterocycles. The number of nitrogens with two attached hydrogens (primary N) is 1. The average molecular weight is 329 g/mol. The van der Waals surface area contributed by atoms with Gasteiger partial charge >= 0.3 is 0 Å². The summed E-state index contributed by atoms with van der Waals surface area (Å²) in [4.78, 5) is 11.4. The van der Waals surface area contributed by atoms with Crippen LogP contribution in [0.3, 0.4) is 0 Å². The Morgan fingerprint density at radius 3 is 2.62 bits per heavy atom. The third-order valence-electron chi connectivity index (χ3n) is 2.77. The zero-order valence-corrected chi connectivity index (χ0v) is 12.6. The summed E-state index contributed by atoms with van der Waals surface area (Å²) in [5.74, 6) is 4.45. The minimum Gasteiger partial charge on any atom is -0.345 e. The summed E-state index contributed by atoms with van der Waals surface area (Å²) < 4.78 is 28.3. The van der Waals surface area contributed by atoms with E-state index in [4.69, 9.17) is 17.4 Å². The van der Waals surface area contributed by atoms with Crippen LogP contribution in [-0.4, -0.2) is 18.9 Å². The van der Waals surface area contributed by atoms with Crippen molar-refractivity contribution in [3.8, 4) is 0 Å². The molecule has 1 aromatic heterocycles. The molecule has 0 spiro atoms. The van der Waals surface area contributed by atoms with E-state index in [1.807, 2.05) is 5.43 Å². The van der Waals surface area contributed by atoms with Gasteiger partial charge in [-0.2, -0.15) is 0 Å². The van der Waals surface area contributed by atoms with E-state index in [1.165, 1.54) is 22.9 Å². The number of nitrogen functional groups attached to an aromatic ring is 1. The Hall–Kier alpha value is -2.03. The maximum atomic E-state index is 12.3. The van der Waals surface area contributed by atoms with Crippen molar-refractivity contribution in [1.29, 1.82) is 0 Å². The number of aryl methyl sites for hydroxylation is 1. The molecule has 9 heteroatoms. The van der Waals surface area contributed by atoms with Gasteiger partial charge in [0.25, 0.3) is 15.9 Å². The van der Waals surface area contributed by atoms with E-state index < -0.39 is 15.9 Å². The van der Waals surface area contributed by atoms with Gasteiger partial charge in [-0.25, -0.2) is 14.3 Å². The number of hydrogen-bond donors (Lipinski definition) is 3. The molecule has 0 atom stereocenters. The number of rotatable bonds is 4. The Morgan fingerprint density at radius 1 is 1.33 bits per heavy atom. The van der Waals surface area contributed by atoms with Crippen LogP contribution in [-0.2, 0) is 17.1 Å². The van der Waals surface area contributed by atoms with Crippen LogP contribution in [0.4, 0.5) is 5.69 Å². The highest BCUT2D eigenvalue weighted by Crippen LogP contribution is 2.24. The number of hydrazine groups is 1. The molecule has 0 bridgehead atoms. The molecule has 0 aliphatic carbocycles. The quantitative estimate of drug-likeness (QED) is 0.443. The zero-order valence-electron chi connectivity index (χ0n) is 11.0. The molecule has 0 unspecified atom stereocenters. The van der Waals surface area contributed by atoms with Crippen LogP contribution < -0.4 is 16.0 Å². The van der Waals surface area contributed by atoms with Gasteiger partial charge in [0.1, 0.15) is 10.6 Å². The van der Waals surface area contributed by atoms with E-state index in [9.17, 15) is 13.2 Å². The molecule has 0 radical (unpaired) electrons. The summed E-state index contributed by atoms with van der Waals surface area (Å²) in [6.45, 7) is 0.